The quantitative estimate of drug-likeness (QED) is 0.332. The molecule has 0 radical (unpaired) electrons. The van der Waals surface area contributed by atoms with Crippen LogP contribution in [0.15, 0.2) is 29.3 Å². The molecule has 0 bridgehead atoms. The maximum Gasteiger partial charge on any atom is 0.191 e. The molecule has 1 aromatic carbocycles. The third kappa shape index (κ3) is 8.03. The molecular formula is C22H38IN5O. The van der Waals surface area contributed by atoms with E-state index in [-0.39, 0.29) is 30.1 Å². The minimum atomic E-state index is 0. The lowest BCUT2D eigenvalue weighted by Gasteiger charge is -2.34. The number of benzene rings is 1. The second-order valence-electron chi connectivity index (χ2n) is 8.32. The van der Waals surface area contributed by atoms with Crippen LogP contribution >= 0.6 is 24.0 Å². The van der Waals surface area contributed by atoms with E-state index in [1.165, 1.54) is 11.1 Å². The van der Waals surface area contributed by atoms with Crippen molar-refractivity contribution in [3.05, 3.63) is 35.4 Å². The molecule has 0 aromatic heterocycles. The first-order valence-electron chi connectivity index (χ1n) is 10.7. The summed E-state index contributed by atoms with van der Waals surface area (Å²) < 4.78 is 5.92. The molecule has 0 amide bonds. The number of halogens is 1. The number of rotatable bonds is 7. The summed E-state index contributed by atoms with van der Waals surface area (Å²) in [5, 5.41) is 6.89. The summed E-state index contributed by atoms with van der Waals surface area (Å²) in [6.07, 6.45) is 1.37. The molecular weight excluding hydrogens is 477 g/mol. The Labute approximate surface area is 193 Å². The highest BCUT2D eigenvalue weighted by atomic mass is 127. The van der Waals surface area contributed by atoms with Gasteiger partial charge in [0.25, 0.3) is 0 Å². The van der Waals surface area contributed by atoms with Gasteiger partial charge in [0, 0.05) is 59.4 Å². The number of aliphatic imine (C=N–C) groups is 1. The first-order chi connectivity index (χ1) is 13.6. The van der Waals surface area contributed by atoms with Gasteiger partial charge in [-0.15, -0.1) is 24.0 Å². The Morgan fingerprint density at radius 3 is 2.72 bits per heavy atom. The lowest BCUT2D eigenvalue weighted by atomic mass is 10.00. The first kappa shape index (κ1) is 24.4. The molecule has 3 rings (SSSR count). The maximum atomic E-state index is 5.92. The Morgan fingerprint density at radius 2 is 1.97 bits per heavy atom. The van der Waals surface area contributed by atoms with E-state index >= 15 is 0 Å². The van der Waals surface area contributed by atoms with Gasteiger partial charge in [0.15, 0.2) is 5.96 Å². The van der Waals surface area contributed by atoms with Crippen molar-refractivity contribution in [1.82, 2.24) is 20.4 Å². The van der Waals surface area contributed by atoms with E-state index in [4.69, 9.17) is 4.74 Å². The minimum absolute atomic E-state index is 0. The number of nitrogens with one attached hydrogen (secondary N) is 2. The van der Waals surface area contributed by atoms with E-state index in [9.17, 15) is 0 Å². The number of morpholine rings is 1. The largest absolute Gasteiger partial charge is 0.374 e. The molecule has 2 aliphatic heterocycles. The fourth-order valence-electron chi connectivity index (χ4n) is 4.09. The number of nitrogens with zero attached hydrogens (tertiary/aromatic N) is 3. The molecule has 0 aliphatic carbocycles. The Balaban J connectivity index is 0.00000300. The van der Waals surface area contributed by atoms with Gasteiger partial charge >= 0.3 is 0 Å². The molecule has 1 aromatic rings. The fraction of sp³-hybridized carbons (Fsp3) is 0.682. The third-order valence-electron chi connectivity index (χ3n) is 5.50. The van der Waals surface area contributed by atoms with Gasteiger partial charge in [-0.1, -0.05) is 38.1 Å². The van der Waals surface area contributed by atoms with E-state index in [0.29, 0.717) is 5.92 Å². The molecule has 164 valence electrons. The molecule has 1 saturated heterocycles. The molecule has 0 saturated carbocycles. The van der Waals surface area contributed by atoms with Gasteiger partial charge in [-0.3, -0.25) is 14.8 Å². The van der Waals surface area contributed by atoms with Crippen molar-refractivity contribution in [2.75, 3.05) is 59.5 Å². The minimum Gasteiger partial charge on any atom is -0.374 e. The van der Waals surface area contributed by atoms with Crippen molar-refractivity contribution in [2.45, 2.75) is 32.9 Å². The zero-order valence-electron chi connectivity index (χ0n) is 18.2. The number of hydrogen-bond acceptors (Lipinski definition) is 4. The van der Waals surface area contributed by atoms with Crippen molar-refractivity contribution < 1.29 is 4.74 Å². The van der Waals surface area contributed by atoms with E-state index in [1.807, 2.05) is 7.05 Å². The molecule has 1 fully saturated rings. The monoisotopic (exact) mass is 515 g/mol. The Morgan fingerprint density at radius 1 is 1.17 bits per heavy atom. The van der Waals surface area contributed by atoms with Crippen LogP contribution in [0.5, 0.6) is 0 Å². The summed E-state index contributed by atoms with van der Waals surface area (Å²) in [7, 11) is 1.83. The van der Waals surface area contributed by atoms with Gasteiger partial charge in [-0.05, 0) is 23.5 Å². The summed E-state index contributed by atoms with van der Waals surface area (Å²) in [4.78, 5) is 9.38. The molecule has 0 spiro atoms. The van der Waals surface area contributed by atoms with Crippen LogP contribution in [-0.4, -0.2) is 81.3 Å². The second kappa shape index (κ2) is 12.7. The second-order valence-corrected chi connectivity index (χ2v) is 8.32. The summed E-state index contributed by atoms with van der Waals surface area (Å²) in [5.74, 6) is 1.56. The summed E-state index contributed by atoms with van der Waals surface area (Å²) >= 11 is 0. The van der Waals surface area contributed by atoms with E-state index in [1.54, 1.807) is 0 Å². The molecule has 2 aliphatic rings. The molecule has 29 heavy (non-hydrogen) atoms. The number of ether oxygens (including phenoxy) is 1. The Kier molecular flexibility index (Phi) is 10.7. The van der Waals surface area contributed by atoms with E-state index < -0.39 is 0 Å². The summed E-state index contributed by atoms with van der Waals surface area (Å²) in [6, 6.07) is 8.79. The van der Waals surface area contributed by atoms with Gasteiger partial charge in [-0.25, -0.2) is 0 Å². The standard InChI is InChI=1S/C22H37N5O.HI/c1-18(2)15-27-12-13-28-21(17-27)14-25-22(23-3)24-9-11-26-10-8-19-6-4-5-7-20(19)16-26;/h4-7,18,21H,8-17H2,1-3H3,(H2,23,24,25);1H. The number of hydrogen-bond donors (Lipinski definition) is 2. The van der Waals surface area contributed by atoms with Crippen molar-refractivity contribution in [3.63, 3.8) is 0 Å². The van der Waals surface area contributed by atoms with Crippen LogP contribution < -0.4 is 10.6 Å². The lowest BCUT2D eigenvalue weighted by molar-refractivity contribution is -0.0284. The van der Waals surface area contributed by atoms with Crippen molar-refractivity contribution in [3.8, 4) is 0 Å². The Hall–Kier alpha value is -0.900. The van der Waals surface area contributed by atoms with Crippen molar-refractivity contribution in [2.24, 2.45) is 10.9 Å². The van der Waals surface area contributed by atoms with Crippen molar-refractivity contribution >= 4 is 29.9 Å². The smallest absolute Gasteiger partial charge is 0.191 e. The van der Waals surface area contributed by atoms with E-state index in [0.717, 1.165) is 71.3 Å². The zero-order chi connectivity index (χ0) is 19.8. The van der Waals surface area contributed by atoms with Crippen LogP contribution in [-0.2, 0) is 17.7 Å². The number of guanidine groups is 1. The van der Waals surface area contributed by atoms with E-state index in [2.05, 4.69) is 63.5 Å². The highest BCUT2D eigenvalue weighted by molar-refractivity contribution is 14.0. The molecule has 7 heteroatoms. The average Bonchev–Trinajstić information content (AvgIpc) is 2.70. The predicted molar refractivity (Wildman–Crippen MR) is 131 cm³/mol. The molecule has 1 atom stereocenters. The topological polar surface area (TPSA) is 52.1 Å². The van der Waals surface area contributed by atoms with Gasteiger partial charge in [-0.2, -0.15) is 0 Å². The van der Waals surface area contributed by atoms with Crippen LogP contribution in [0.3, 0.4) is 0 Å². The van der Waals surface area contributed by atoms with Crippen molar-refractivity contribution in [1.29, 1.82) is 0 Å². The SMILES string of the molecule is CN=C(NCCN1CCc2ccccc2C1)NCC1CN(CC(C)C)CCO1.I. The van der Waals surface area contributed by atoms with Gasteiger partial charge < -0.3 is 15.4 Å². The predicted octanol–water partition coefficient (Wildman–Crippen LogP) is 2.18. The van der Waals surface area contributed by atoms with Gasteiger partial charge in [0.05, 0.1) is 12.7 Å². The molecule has 2 N–H and O–H groups in total. The molecule has 1 unspecified atom stereocenters. The van der Waals surface area contributed by atoms with Crippen LogP contribution in [0.25, 0.3) is 0 Å². The number of fused-ring (bicyclic) bond motifs is 1. The Bertz CT molecular complexity index is 639. The van der Waals surface area contributed by atoms with Crippen LogP contribution in [0.1, 0.15) is 25.0 Å². The fourth-order valence-corrected chi connectivity index (χ4v) is 4.09. The maximum absolute atomic E-state index is 5.92. The normalized spacial score (nSPS) is 20.8. The summed E-state index contributed by atoms with van der Waals surface area (Å²) in [6.45, 7) is 13.4. The molecule has 6 nitrogen and oxygen atoms in total. The summed E-state index contributed by atoms with van der Waals surface area (Å²) in [5.41, 5.74) is 2.97. The lowest BCUT2D eigenvalue weighted by Crippen LogP contribution is -2.50. The van der Waals surface area contributed by atoms with Crippen LogP contribution in [0.4, 0.5) is 0 Å². The average molecular weight is 515 g/mol. The first-order valence-corrected chi connectivity index (χ1v) is 10.7. The van der Waals surface area contributed by atoms with Gasteiger partial charge in [0.1, 0.15) is 0 Å². The third-order valence-corrected chi connectivity index (χ3v) is 5.50. The van der Waals surface area contributed by atoms with Crippen LogP contribution in [0.2, 0.25) is 0 Å². The van der Waals surface area contributed by atoms with Gasteiger partial charge in [0.2, 0.25) is 0 Å². The molecule has 2 heterocycles. The van der Waals surface area contributed by atoms with Crippen LogP contribution in [0, 0.1) is 5.92 Å². The highest BCUT2D eigenvalue weighted by Gasteiger charge is 2.21. The highest BCUT2D eigenvalue weighted by Crippen LogP contribution is 2.17. The zero-order valence-corrected chi connectivity index (χ0v) is 20.5.